The quantitative estimate of drug-likeness (QED) is 0.802. The molecule has 0 fully saturated rings. The van der Waals surface area contributed by atoms with Crippen molar-refractivity contribution in [1.29, 1.82) is 0 Å². The molecule has 4 nitrogen and oxygen atoms in total. The predicted molar refractivity (Wildman–Crippen MR) is 75.7 cm³/mol. The highest BCUT2D eigenvalue weighted by Gasteiger charge is 2.25. The summed E-state index contributed by atoms with van der Waals surface area (Å²) in [5.74, 6) is -4.27. The summed E-state index contributed by atoms with van der Waals surface area (Å²) in [6.45, 7) is 0. The fraction of sp³-hybridized carbons (Fsp3) is 0. The van der Waals surface area contributed by atoms with Crippen LogP contribution < -0.4 is 10.5 Å². The Morgan fingerprint density at radius 1 is 1.05 bits per heavy atom. The summed E-state index contributed by atoms with van der Waals surface area (Å²) in [6.07, 6.45) is 0. The van der Waals surface area contributed by atoms with Crippen molar-refractivity contribution in [2.75, 3.05) is 10.5 Å². The number of benzene rings is 2. The molecule has 0 spiro atoms. The minimum absolute atomic E-state index is 0.00174. The largest absolute Gasteiger partial charge is 0.399 e. The van der Waals surface area contributed by atoms with Crippen LogP contribution in [-0.4, -0.2) is 8.42 Å². The van der Waals surface area contributed by atoms with E-state index in [4.69, 9.17) is 5.73 Å². The highest BCUT2D eigenvalue weighted by molar-refractivity contribution is 9.10. The topological polar surface area (TPSA) is 72.2 Å². The molecule has 21 heavy (non-hydrogen) atoms. The van der Waals surface area contributed by atoms with Crippen LogP contribution in [0.3, 0.4) is 0 Å². The number of nitrogens with two attached hydrogens (primary N) is 1. The Morgan fingerprint density at radius 3 is 2.19 bits per heavy atom. The zero-order valence-electron chi connectivity index (χ0n) is 10.2. The van der Waals surface area contributed by atoms with Gasteiger partial charge < -0.3 is 5.73 Å². The van der Waals surface area contributed by atoms with Crippen LogP contribution in [0.2, 0.25) is 0 Å². The Balaban J connectivity index is 2.51. The van der Waals surface area contributed by atoms with E-state index in [-0.39, 0.29) is 23.5 Å². The summed E-state index contributed by atoms with van der Waals surface area (Å²) in [5, 5.41) is 0. The second-order valence-corrected chi connectivity index (χ2v) is 6.52. The third kappa shape index (κ3) is 3.30. The molecule has 0 radical (unpaired) electrons. The van der Waals surface area contributed by atoms with Gasteiger partial charge in [0.25, 0.3) is 10.0 Å². The van der Waals surface area contributed by atoms with Crippen molar-refractivity contribution < 1.29 is 21.6 Å². The molecule has 2 rings (SSSR count). The molecule has 3 N–H and O–H groups in total. The minimum Gasteiger partial charge on any atom is -0.399 e. The first-order valence-electron chi connectivity index (χ1n) is 5.43. The summed E-state index contributed by atoms with van der Waals surface area (Å²) in [7, 11) is -4.58. The summed E-state index contributed by atoms with van der Waals surface area (Å²) in [5.41, 5.74) is 5.76. The lowest BCUT2D eigenvalue weighted by Crippen LogP contribution is -2.17. The normalized spacial score (nSPS) is 11.4. The van der Waals surface area contributed by atoms with Crippen molar-refractivity contribution in [3.8, 4) is 0 Å². The smallest absolute Gasteiger partial charge is 0.267 e. The van der Waals surface area contributed by atoms with Gasteiger partial charge >= 0.3 is 0 Å². The molecule has 0 heterocycles. The predicted octanol–water partition coefficient (Wildman–Crippen LogP) is 3.25. The van der Waals surface area contributed by atoms with Gasteiger partial charge in [-0.3, -0.25) is 4.72 Å². The lowest BCUT2D eigenvalue weighted by molar-refractivity contribution is 0.498. The number of halogens is 4. The zero-order chi connectivity index (χ0) is 15.8. The van der Waals surface area contributed by atoms with Gasteiger partial charge in [0, 0.05) is 22.3 Å². The Bertz CT molecular complexity index is 789. The molecule has 0 saturated heterocycles. The molecule has 2 aromatic carbocycles. The van der Waals surface area contributed by atoms with Crippen LogP contribution in [0.15, 0.2) is 39.7 Å². The average molecular weight is 381 g/mol. The maximum absolute atomic E-state index is 13.6. The minimum atomic E-state index is -4.58. The van der Waals surface area contributed by atoms with Gasteiger partial charge in [0.15, 0.2) is 4.90 Å². The number of hydrogen-bond acceptors (Lipinski definition) is 3. The van der Waals surface area contributed by atoms with Gasteiger partial charge in [-0.2, -0.15) is 0 Å². The maximum Gasteiger partial charge on any atom is 0.267 e. The number of nitrogens with one attached hydrogen (secondary N) is 1. The van der Waals surface area contributed by atoms with Crippen LogP contribution in [-0.2, 0) is 10.0 Å². The zero-order valence-corrected chi connectivity index (χ0v) is 12.6. The van der Waals surface area contributed by atoms with Crippen LogP contribution in [0.1, 0.15) is 0 Å². The standard InChI is InChI=1S/C12H8BrF3N2O2S/c13-8-2-1-7(17)5-11(8)18-21(19,20)12-9(15)3-6(14)4-10(12)16/h1-5,18H,17H2. The van der Waals surface area contributed by atoms with E-state index in [2.05, 4.69) is 15.9 Å². The van der Waals surface area contributed by atoms with Crippen molar-refractivity contribution in [3.05, 3.63) is 52.3 Å². The Hall–Kier alpha value is -1.74. The molecule has 112 valence electrons. The summed E-state index contributed by atoms with van der Waals surface area (Å²) in [6, 6.07) is 4.80. The van der Waals surface area contributed by atoms with E-state index >= 15 is 0 Å². The van der Waals surface area contributed by atoms with Crippen molar-refractivity contribution in [3.63, 3.8) is 0 Å². The van der Waals surface area contributed by atoms with E-state index in [1.54, 1.807) is 0 Å². The van der Waals surface area contributed by atoms with E-state index in [0.717, 1.165) is 0 Å². The second kappa shape index (κ2) is 5.57. The van der Waals surface area contributed by atoms with Crippen molar-refractivity contribution in [1.82, 2.24) is 0 Å². The first-order chi connectivity index (χ1) is 9.70. The molecule has 0 atom stereocenters. The summed E-state index contributed by atoms with van der Waals surface area (Å²) < 4.78 is 66.3. The van der Waals surface area contributed by atoms with Gasteiger partial charge in [0.1, 0.15) is 17.5 Å². The molecule has 0 aliphatic heterocycles. The third-order valence-corrected chi connectivity index (χ3v) is 4.57. The maximum atomic E-state index is 13.6. The van der Waals surface area contributed by atoms with Crippen molar-refractivity contribution >= 4 is 37.3 Å². The molecule has 2 aromatic rings. The van der Waals surface area contributed by atoms with Gasteiger partial charge in [0.2, 0.25) is 0 Å². The Kier molecular flexibility index (Phi) is 4.15. The first kappa shape index (κ1) is 15.6. The van der Waals surface area contributed by atoms with Crippen LogP contribution in [0.25, 0.3) is 0 Å². The molecular formula is C12H8BrF3N2O2S. The van der Waals surface area contributed by atoms with Crippen molar-refractivity contribution in [2.24, 2.45) is 0 Å². The monoisotopic (exact) mass is 380 g/mol. The number of anilines is 2. The second-order valence-electron chi connectivity index (χ2n) is 4.04. The molecule has 0 bridgehead atoms. The van der Waals surface area contributed by atoms with Crippen LogP contribution in [0.5, 0.6) is 0 Å². The molecule has 0 unspecified atom stereocenters. The fourth-order valence-corrected chi connectivity index (χ4v) is 3.27. The van der Waals surface area contributed by atoms with Gasteiger partial charge in [-0.15, -0.1) is 0 Å². The molecule has 9 heteroatoms. The lowest BCUT2D eigenvalue weighted by atomic mass is 10.3. The number of sulfonamides is 1. The Labute approximate surface area is 127 Å². The molecule has 0 aliphatic carbocycles. The highest BCUT2D eigenvalue weighted by atomic mass is 79.9. The number of rotatable bonds is 3. The number of hydrogen-bond donors (Lipinski definition) is 2. The van der Waals surface area contributed by atoms with Gasteiger partial charge in [-0.25, -0.2) is 21.6 Å². The van der Waals surface area contributed by atoms with Crippen LogP contribution >= 0.6 is 15.9 Å². The molecule has 0 aliphatic rings. The van der Waals surface area contributed by atoms with E-state index in [0.29, 0.717) is 4.47 Å². The van der Waals surface area contributed by atoms with Crippen molar-refractivity contribution in [2.45, 2.75) is 4.90 Å². The summed E-state index contributed by atoms with van der Waals surface area (Å²) >= 11 is 3.07. The van der Waals surface area contributed by atoms with E-state index < -0.39 is 32.4 Å². The highest BCUT2D eigenvalue weighted by Crippen LogP contribution is 2.29. The van der Waals surface area contributed by atoms with E-state index in [1.165, 1.54) is 18.2 Å². The van der Waals surface area contributed by atoms with Crippen LogP contribution in [0.4, 0.5) is 24.5 Å². The molecule has 0 aromatic heterocycles. The first-order valence-corrected chi connectivity index (χ1v) is 7.71. The average Bonchev–Trinajstić information content (AvgIpc) is 2.31. The molecule has 0 saturated carbocycles. The third-order valence-electron chi connectivity index (χ3n) is 2.47. The van der Waals surface area contributed by atoms with Gasteiger partial charge in [-0.05, 0) is 34.1 Å². The van der Waals surface area contributed by atoms with Gasteiger partial charge in [-0.1, -0.05) is 0 Å². The fourth-order valence-electron chi connectivity index (χ4n) is 1.60. The van der Waals surface area contributed by atoms with E-state index in [9.17, 15) is 21.6 Å². The summed E-state index contributed by atoms with van der Waals surface area (Å²) in [4.78, 5) is -1.27. The Morgan fingerprint density at radius 2 is 1.62 bits per heavy atom. The SMILES string of the molecule is Nc1ccc(Br)c(NS(=O)(=O)c2c(F)cc(F)cc2F)c1. The molecular weight excluding hydrogens is 373 g/mol. The lowest BCUT2D eigenvalue weighted by Gasteiger charge is -2.11. The number of nitrogen functional groups attached to an aromatic ring is 1. The molecule has 0 amide bonds. The van der Waals surface area contributed by atoms with Crippen LogP contribution in [0, 0.1) is 17.5 Å². The van der Waals surface area contributed by atoms with E-state index in [1.807, 2.05) is 4.72 Å². The van der Waals surface area contributed by atoms with Gasteiger partial charge in [0.05, 0.1) is 5.69 Å².